The van der Waals surface area contributed by atoms with Crippen LogP contribution in [-0.4, -0.2) is 41.9 Å². The SMILES string of the molecule is Cc1ccc(C)c(OCc2csc(C(=O)N3CCN(Cc4ccccc4F)CC3)c2)c1. The summed E-state index contributed by atoms with van der Waals surface area (Å²) < 4.78 is 19.9. The van der Waals surface area contributed by atoms with E-state index in [1.54, 1.807) is 6.07 Å². The van der Waals surface area contributed by atoms with Gasteiger partial charge < -0.3 is 9.64 Å². The number of nitrogens with zero attached hydrogens (tertiary/aromatic N) is 2. The first-order valence-corrected chi connectivity index (χ1v) is 11.4. The molecule has 4 nitrogen and oxygen atoms in total. The molecule has 1 fully saturated rings. The highest BCUT2D eigenvalue weighted by Gasteiger charge is 2.23. The van der Waals surface area contributed by atoms with E-state index in [1.165, 1.54) is 17.4 Å². The van der Waals surface area contributed by atoms with Crippen LogP contribution < -0.4 is 4.74 Å². The van der Waals surface area contributed by atoms with Crippen LogP contribution in [0.3, 0.4) is 0 Å². The second-order valence-corrected chi connectivity index (χ2v) is 8.95. The van der Waals surface area contributed by atoms with Gasteiger partial charge in [-0.1, -0.05) is 30.3 Å². The summed E-state index contributed by atoms with van der Waals surface area (Å²) in [6.07, 6.45) is 0. The Hall–Kier alpha value is -2.70. The third kappa shape index (κ3) is 5.32. The van der Waals surface area contributed by atoms with Crippen molar-refractivity contribution in [3.8, 4) is 5.75 Å². The first-order valence-electron chi connectivity index (χ1n) is 10.5. The lowest BCUT2D eigenvalue weighted by atomic mass is 10.1. The van der Waals surface area contributed by atoms with E-state index in [4.69, 9.17) is 4.74 Å². The molecule has 3 aromatic rings. The summed E-state index contributed by atoms with van der Waals surface area (Å²) in [6, 6.07) is 15.0. The highest BCUT2D eigenvalue weighted by Crippen LogP contribution is 2.23. The molecule has 31 heavy (non-hydrogen) atoms. The maximum Gasteiger partial charge on any atom is 0.264 e. The van der Waals surface area contributed by atoms with E-state index in [-0.39, 0.29) is 11.7 Å². The Morgan fingerprint density at radius 2 is 1.84 bits per heavy atom. The number of amides is 1. The first-order chi connectivity index (χ1) is 15.0. The van der Waals surface area contributed by atoms with Gasteiger partial charge in [-0.05, 0) is 48.6 Å². The predicted molar refractivity (Wildman–Crippen MR) is 122 cm³/mol. The van der Waals surface area contributed by atoms with Crippen molar-refractivity contribution in [1.29, 1.82) is 0 Å². The lowest BCUT2D eigenvalue weighted by molar-refractivity contribution is 0.0631. The van der Waals surface area contributed by atoms with E-state index in [1.807, 2.05) is 48.4 Å². The molecule has 1 aromatic heterocycles. The quantitative estimate of drug-likeness (QED) is 0.541. The second-order valence-electron chi connectivity index (χ2n) is 8.04. The lowest BCUT2D eigenvalue weighted by Crippen LogP contribution is -2.48. The highest BCUT2D eigenvalue weighted by atomic mass is 32.1. The smallest absolute Gasteiger partial charge is 0.264 e. The molecular formula is C25H27FN2O2S. The average Bonchev–Trinajstić information content (AvgIpc) is 3.25. The molecule has 1 aliphatic rings. The Bertz CT molecular complexity index is 1060. The van der Waals surface area contributed by atoms with Crippen molar-refractivity contribution in [3.05, 3.63) is 86.9 Å². The molecule has 0 bridgehead atoms. The number of piperazine rings is 1. The number of ether oxygens (including phenoxy) is 1. The number of aryl methyl sites for hydroxylation is 2. The predicted octanol–water partition coefficient (Wildman–Crippen LogP) is 5.04. The fourth-order valence-electron chi connectivity index (χ4n) is 3.72. The van der Waals surface area contributed by atoms with Crippen LogP contribution in [0, 0.1) is 19.7 Å². The van der Waals surface area contributed by atoms with E-state index in [0.717, 1.165) is 40.4 Å². The van der Waals surface area contributed by atoms with Gasteiger partial charge >= 0.3 is 0 Å². The van der Waals surface area contributed by atoms with Crippen LogP contribution in [0.4, 0.5) is 4.39 Å². The van der Waals surface area contributed by atoms with Gasteiger partial charge in [0.05, 0.1) is 4.88 Å². The molecule has 1 aliphatic heterocycles. The Morgan fingerprint density at radius 1 is 1.06 bits per heavy atom. The Balaban J connectivity index is 1.30. The maximum absolute atomic E-state index is 13.9. The van der Waals surface area contributed by atoms with Gasteiger partial charge in [-0.3, -0.25) is 9.69 Å². The second kappa shape index (κ2) is 9.62. The molecule has 0 N–H and O–H groups in total. The topological polar surface area (TPSA) is 32.8 Å². The van der Waals surface area contributed by atoms with Gasteiger partial charge in [0, 0.05) is 43.9 Å². The molecule has 162 valence electrons. The van der Waals surface area contributed by atoms with Gasteiger partial charge in [0.2, 0.25) is 0 Å². The van der Waals surface area contributed by atoms with Crippen molar-refractivity contribution < 1.29 is 13.9 Å². The molecule has 1 saturated heterocycles. The monoisotopic (exact) mass is 438 g/mol. The molecule has 0 atom stereocenters. The van der Waals surface area contributed by atoms with E-state index >= 15 is 0 Å². The highest BCUT2D eigenvalue weighted by molar-refractivity contribution is 7.12. The summed E-state index contributed by atoms with van der Waals surface area (Å²) in [5.41, 5.74) is 3.97. The van der Waals surface area contributed by atoms with Crippen LogP contribution in [0.5, 0.6) is 5.75 Å². The van der Waals surface area contributed by atoms with Gasteiger partial charge in [-0.25, -0.2) is 4.39 Å². The standard InChI is InChI=1S/C25H27FN2O2S/c1-18-7-8-19(2)23(13-18)30-16-20-14-24(31-17-20)25(29)28-11-9-27(10-12-28)15-21-5-3-4-6-22(21)26/h3-8,13-14,17H,9-12,15-16H2,1-2H3. The molecule has 6 heteroatoms. The number of carbonyl (C=O) groups is 1. The molecule has 2 heterocycles. The summed E-state index contributed by atoms with van der Waals surface area (Å²) in [5.74, 6) is 0.772. The number of thiophene rings is 1. The van der Waals surface area contributed by atoms with Gasteiger partial charge in [0.25, 0.3) is 5.91 Å². The molecule has 4 rings (SSSR count). The number of hydrogen-bond donors (Lipinski definition) is 0. The summed E-state index contributed by atoms with van der Waals surface area (Å²) in [4.78, 5) is 17.7. The third-order valence-electron chi connectivity index (χ3n) is 5.61. The van der Waals surface area contributed by atoms with Crippen LogP contribution in [0.25, 0.3) is 0 Å². The summed E-state index contributed by atoms with van der Waals surface area (Å²) in [6.45, 7) is 7.89. The zero-order valence-electron chi connectivity index (χ0n) is 17.9. The summed E-state index contributed by atoms with van der Waals surface area (Å²) >= 11 is 1.46. The normalized spacial score (nSPS) is 14.6. The van der Waals surface area contributed by atoms with E-state index < -0.39 is 0 Å². The minimum Gasteiger partial charge on any atom is -0.489 e. The van der Waals surface area contributed by atoms with Crippen LogP contribution >= 0.6 is 11.3 Å². The number of benzene rings is 2. The van der Waals surface area contributed by atoms with Crippen molar-refractivity contribution >= 4 is 17.2 Å². The minimum atomic E-state index is -0.171. The summed E-state index contributed by atoms with van der Waals surface area (Å²) in [7, 11) is 0. The molecule has 0 radical (unpaired) electrons. The maximum atomic E-state index is 13.9. The Morgan fingerprint density at radius 3 is 2.61 bits per heavy atom. The fraction of sp³-hybridized carbons (Fsp3) is 0.320. The van der Waals surface area contributed by atoms with E-state index in [9.17, 15) is 9.18 Å². The van der Waals surface area contributed by atoms with Crippen LogP contribution in [0.1, 0.15) is 31.9 Å². The van der Waals surface area contributed by atoms with Gasteiger partial charge in [0.15, 0.2) is 0 Å². The largest absolute Gasteiger partial charge is 0.489 e. The molecule has 0 spiro atoms. The first kappa shape index (κ1) is 21.5. The zero-order valence-corrected chi connectivity index (χ0v) is 18.8. The zero-order chi connectivity index (χ0) is 21.8. The molecule has 1 amide bonds. The minimum absolute atomic E-state index is 0.0635. The van der Waals surface area contributed by atoms with Crippen molar-refractivity contribution in [3.63, 3.8) is 0 Å². The van der Waals surface area contributed by atoms with Crippen molar-refractivity contribution in [2.75, 3.05) is 26.2 Å². The number of hydrogen-bond acceptors (Lipinski definition) is 4. The van der Waals surface area contributed by atoms with E-state index in [0.29, 0.717) is 31.8 Å². The average molecular weight is 439 g/mol. The van der Waals surface area contributed by atoms with Crippen molar-refractivity contribution in [2.45, 2.75) is 27.0 Å². The number of rotatable bonds is 6. The number of halogens is 1. The van der Waals surface area contributed by atoms with Gasteiger partial charge in [0.1, 0.15) is 18.2 Å². The Labute approximate surface area is 186 Å². The molecule has 0 saturated carbocycles. The molecular weight excluding hydrogens is 411 g/mol. The van der Waals surface area contributed by atoms with Crippen molar-refractivity contribution in [2.24, 2.45) is 0 Å². The molecule has 2 aromatic carbocycles. The van der Waals surface area contributed by atoms with Crippen LogP contribution in [0.2, 0.25) is 0 Å². The molecule has 0 unspecified atom stereocenters. The molecule has 0 aliphatic carbocycles. The third-order valence-corrected chi connectivity index (χ3v) is 6.58. The van der Waals surface area contributed by atoms with Crippen LogP contribution in [0.15, 0.2) is 53.9 Å². The lowest BCUT2D eigenvalue weighted by Gasteiger charge is -2.34. The van der Waals surface area contributed by atoms with Gasteiger partial charge in [-0.15, -0.1) is 11.3 Å². The Kier molecular flexibility index (Phi) is 6.68. The van der Waals surface area contributed by atoms with Crippen molar-refractivity contribution in [1.82, 2.24) is 9.80 Å². The summed E-state index contributed by atoms with van der Waals surface area (Å²) in [5, 5.41) is 1.99. The van der Waals surface area contributed by atoms with Gasteiger partial charge in [-0.2, -0.15) is 0 Å². The number of carbonyl (C=O) groups excluding carboxylic acids is 1. The fourth-order valence-corrected chi connectivity index (χ4v) is 4.58. The van der Waals surface area contributed by atoms with Crippen LogP contribution in [-0.2, 0) is 13.2 Å². The van der Waals surface area contributed by atoms with E-state index in [2.05, 4.69) is 17.0 Å².